The normalized spacial score (nSPS) is 19.5. The fourth-order valence-electron chi connectivity index (χ4n) is 5.65. The summed E-state index contributed by atoms with van der Waals surface area (Å²) in [7, 11) is -1.07. The first-order chi connectivity index (χ1) is 19.6. The number of rotatable bonds is 6. The van der Waals surface area contributed by atoms with Gasteiger partial charge in [0.15, 0.2) is 0 Å². The molecule has 2 aliphatic heterocycles. The number of aryl methyl sites for hydroxylation is 1. The molecule has 0 saturated carbocycles. The Morgan fingerprint density at radius 1 is 1.10 bits per heavy atom. The minimum Gasteiger partial charge on any atom is -0.423 e. The molecule has 0 radical (unpaired) electrons. The maximum absolute atomic E-state index is 14.7. The highest BCUT2D eigenvalue weighted by atomic mass is 35.5. The first-order valence-corrected chi connectivity index (χ1v) is 14.1. The van der Waals surface area contributed by atoms with Crippen molar-refractivity contribution in [3.8, 4) is 0 Å². The number of nitrogens with two attached hydrogens (primary N) is 1. The maximum atomic E-state index is 14.7. The molecule has 220 valence electrons. The number of oxime groups is 1. The third-order valence-electron chi connectivity index (χ3n) is 7.91. The highest BCUT2D eigenvalue weighted by Crippen LogP contribution is 2.51. The predicted octanol–water partition coefficient (Wildman–Crippen LogP) is 6.37. The predicted molar refractivity (Wildman–Crippen MR) is 157 cm³/mol. The van der Waals surface area contributed by atoms with Crippen LogP contribution in [0.15, 0.2) is 47.6 Å². The first-order valence-electron chi connectivity index (χ1n) is 12.9. The van der Waals surface area contributed by atoms with Gasteiger partial charge in [-0.2, -0.15) is 13.2 Å². The number of hydrogen-bond acceptors (Lipinski definition) is 5. The molecule has 1 unspecified atom stereocenters. The lowest BCUT2D eigenvalue weighted by molar-refractivity contribution is -0.275. The minimum atomic E-state index is -4.90. The average Bonchev–Trinajstić information content (AvgIpc) is 3.45. The van der Waals surface area contributed by atoms with Crippen LogP contribution in [0.5, 0.6) is 0 Å². The molecule has 42 heavy (non-hydrogen) atoms. The Labute approximate surface area is 255 Å². The van der Waals surface area contributed by atoms with Gasteiger partial charge in [0.25, 0.3) is 5.60 Å². The minimum absolute atomic E-state index is 0.0307. The molecule has 5 rings (SSSR count). The molecule has 1 amide bonds. The van der Waals surface area contributed by atoms with Gasteiger partial charge in [-0.1, -0.05) is 64.2 Å². The van der Waals surface area contributed by atoms with Crippen LogP contribution in [-0.4, -0.2) is 29.9 Å². The first kappa shape index (κ1) is 30.7. The molecule has 3 N–H and O–H groups in total. The van der Waals surface area contributed by atoms with Crippen molar-refractivity contribution in [2.45, 2.75) is 57.4 Å². The lowest BCUT2D eigenvalue weighted by Crippen LogP contribution is -2.42. The zero-order chi connectivity index (χ0) is 30.8. The van der Waals surface area contributed by atoms with E-state index in [-0.39, 0.29) is 31.9 Å². The summed E-state index contributed by atoms with van der Waals surface area (Å²) in [6.07, 6.45) is -4.80. The Kier molecular flexibility index (Phi) is 7.86. The number of primary amides is 1. The van der Waals surface area contributed by atoms with Crippen LogP contribution in [0.2, 0.25) is 15.1 Å². The van der Waals surface area contributed by atoms with Gasteiger partial charge < -0.3 is 20.2 Å². The summed E-state index contributed by atoms with van der Waals surface area (Å²) in [4.78, 5) is 17.4. The molecule has 0 aromatic heterocycles. The van der Waals surface area contributed by atoms with E-state index in [1.807, 2.05) is 32.0 Å². The summed E-state index contributed by atoms with van der Waals surface area (Å²) < 4.78 is 49.6. The quantitative estimate of drug-likeness (QED) is 0.242. The molecule has 3 aromatic rings. The van der Waals surface area contributed by atoms with Crippen LogP contribution >= 0.6 is 34.8 Å². The van der Waals surface area contributed by atoms with Gasteiger partial charge in [0.2, 0.25) is 5.91 Å². The Balaban J connectivity index is 1.52. The second-order valence-electron chi connectivity index (χ2n) is 10.9. The molecule has 0 saturated heterocycles. The van der Waals surface area contributed by atoms with Crippen LogP contribution in [0.3, 0.4) is 0 Å². The van der Waals surface area contributed by atoms with E-state index in [9.17, 15) is 23.0 Å². The molecule has 6 nitrogen and oxygen atoms in total. The smallest absolute Gasteiger partial charge is 0.423 e. The van der Waals surface area contributed by atoms with E-state index in [4.69, 9.17) is 50.0 Å². The van der Waals surface area contributed by atoms with Gasteiger partial charge >= 0.3 is 13.3 Å². The van der Waals surface area contributed by atoms with Gasteiger partial charge in [0.1, 0.15) is 0 Å². The van der Waals surface area contributed by atoms with Crippen molar-refractivity contribution < 1.29 is 32.5 Å². The van der Waals surface area contributed by atoms with Crippen LogP contribution in [0, 0.1) is 6.92 Å². The number of benzene rings is 3. The third kappa shape index (κ3) is 5.17. The van der Waals surface area contributed by atoms with E-state index in [2.05, 4.69) is 5.16 Å². The maximum Gasteiger partial charge on any atom is 0.492 e. The van der Waals surface area contributed by atoms with Crippen molar-refractivity contribution in [3.63, 3.8) is 0 Å². The fourth-order valence-corrected chi connectivity index (χ4v) is 6.24. The van der Waals surface area contributed by atoms with Crippen LogP contribution in [0.25, 0.3) is 0 Å². The van der Waals surface area contributed by atoms with Gasteiger partial charge in [-0.3, -0.25) is 4.79 Å². The number of carbonyl (C=O) groups is 1. The highest BCUT2D eigenvalue weighted by molar-refractivity contribution is 6.62. The molecular formula is C29H25BCl3F3N2O4. The standard InChI is InChI=1S/C29H25BCl3F3N2O4/c1-14-17(6-4-15-5-9-20-21(10-15)30(40)41-27(20,2)3)19(8-7-18(14)26(37)39)24-13-28(42-38-24,29(34,35)36)16-11-22(31)25(33)23(32)12-16/h5,7-12,40H,4,6,13H2,1-3H3,(H2,37,39). The van der Waals surface area contributed by atoms with Crippen molar-refractivity contribution >= 4 is 59.0 Å². The number of fused-ring (bicyclic) bond motifs is 1. The largest absolute Gasteiger partial charge is 0.492 e. The summed E-state index contributed by atoms with van der Waals surface area (Å²) in [6.45, 7) is 5.42. The number of hydrogen-bond donors (Lipinski definition) is 2. The van der Waals surface area contributed by atoms with Crippen molar-refractivity contribution in [1.29, 1.82) is 0 Å². The molecule has 2 aliphatic rings. The lowest BCUT2D eigenvalue weighted by Gasteiger charge is -2.30. The lowest BCUT2D eigenvalue weighted by atomic mass is 9.77. The SMILES string of the molecule is Cc1c(C(N)=O)ccc(C2=NOC(c3cc(Cl)c(Cl)c(Cl)c3)(C(F)(F)F)C2)c1CCc1ccc2c(c1)B(O)OC2(C)C. The highest BCUT2D eigenvalue weighted by Gasteiger charge is 2.62. The van der Waals surface area contributed by atoms with Crippen LogP contribution in [0.1, 0.15) is 64.0 Å². The van der Waals surface area contributed by atoms with Gasteiger partial charge in [0, 0.05) is 23.1 Å². The van der Waals surface area contributed by atoms with Crippen LogP contribution in [0.4, 0.5) is 13.2 Å². The van der Waals surface area contributed by atoms with E-state index >= 15 is 0 Å². The second kappa shape index (κ2) is 10.8. The number of nitrogens with zero attached hydrogens (tertiary/aromatic N) is 1. The second-order valence-corrected chi connectivity index (χ2v) is 12.1. The summed E-state index contributed by atoms with van der Waals surface area (Å²) in [6, 6.07) is 10.8. The summed E-state index contributed by atoms with van der Waals surface area (Å²) in [5, 5.41) is 13.9. The summed E-state index contributed by atoms with van der Waals surface area (Å²) in [5.41, 5.74) is 5.91. The van der Waals surface area contributed by atoms with E-state index in [1.54, 1.807) is 6.92 Å². The molecular weight excluding hydrogens is 614 g/mol. The van der Waals surface area contributed by atoms with Gasteiger partial charge in [-0.05, 0) is 79.5 Å². The van der Waals surface area contributed by atoms with Gasteiger partial charge in [-0.25, -0.2) is 0 Å². The number of alkyl halides is 3. The van der Waals surface area contributed by atoms with Crippen molar-refractivity contribution in [2.75, 3.05) is 0 Å². The summed E-state index contributed by atoms with van der Waals surface area (Å²) >= 11 is 18.1. The number of amides is 1. The Bertz CT molecular complexity index is 1620. The van der Waals surface area contributed by atoms with Gasteiger partial charge in [0.05, 0.1) is 26.4 Å². The topological polar surface area (TPSA) is 94.1 Å². The molecule has 0 bridgehead atoms. The fraction of sp³-hybridized carbons (Fsp3) is 0.310. The number of carbonyl (C=O) groups excluding carboxylic acids is 1. The monoisotopic (exact) mass is 638 g/mol. The molecule has 3 aromatic carbocycles. The zero-order valence-electron chi connectivity index (χ0n) is 22.7. The Hall–Kier alpha value is -2.76. The summed E-state index contributed by atoms with van der Waals surface area (Å²) in [5.74, 6) is -0.667. The zero-order valence-corrected chi connectivity index (χ0v) is 25.0. The molecule has 0 fully saturated rings. The molecule has 2 heterocycles. The van der Waals surface area contributed by atoms with E-state index < -0.39 is 36.8 Å². The molecule has 13 heteroatoms. The average molecular weight is 640 g/mol. The van der Waals surface area contributed by atoms with Gasteiger partial charge in [-0.15, -0.1) is 0 Å². The Morgan fingerprint density at radius 2 is 1.76 bits per heavy atom. The molecule has 1 atom stereocenters. The van der Waals surface area contributed by atoms with Crippen molar-refractivity contribution in [1.82, 2.24) is 0 Å². The van der Waals surface area contributed by atoms with E-state index in [1.165, 1.54) is 12.1 Å². The number of halogens is 6. The van der Waals surface area contributed by atoms with Crippen molar-refractivity contribution in [2.24, 2.45) is 10.9 Å². The van der Waals surface area contributed by atoms with E-state index in [0.29, 0.717) is 35.0 Å². The Morgan fingerprint density at radius 3 is 2.38 bits per heavy atom. The van der Waals surface area contributed by atoms with Crippen LogP contribution < -0.4 is 11.2 Å². The molecule has 0 spiro atoms. The third-order valence-corrected chi connectivity index (χ3v) is 9.11. The van der Waals surface area contributed by atoms with Crippen LogP contribution in [-0.2, 0) is 33.5 Å². The van der Waals surface area contributed by atoms with Crippen molar-refractivity contribution in [3.05, 3.63) is 96.5 Å². The molecule has 0 aliphatic carbocycles. The van der Waals surface area contributed by atoms with E-state index in [0.717, 1.165) is 23.3 Å².